The predicted molar refractivity (Wildman–Crippen MR) is 86.6 cm³/mol. The third-order valence-electron chi connectivity index (χ3n) is 4.51. The van der Waals surface area contributed by atoms with Crippen molar-refractivity contribution in [1.82, 2.24) is 0 Å². The van der Waals surface area contributed by atoms with Crippen LogP contribution >= 0.6 is 0 Å². The molecule has 23 heavy (non-hydrogen) atoms. The predicted octanol–water partition coefficient (Wildman–Crippen LogP) is 2.41. The van der Waals surface area contributed by atoms with Crippen molar-refractivity contribution in [3.05, 3.63) is 71.8 Å². The maximum atomic E-state index is 11.9. The van der Waals surface area contributed by atoms with Crippen molar-refractivity contribution in [2.75, 3.05) is 6.61 Å². The van der Waals surface area contributed by atoms with Crippen molar-refractivity contribution in [2.45, 2.75) is 24.5 Å². The third-order valence-corrected chi connectivity index (χ3v) is 4.51. The number of aliphatic hydroxyl groups is 2. The number of ether oxygens (including phenoxy) is 1. The second kappa shape index (κ2) is 6.52. The molecule has 0 radical (unpaired) electrons. The summed E-state index contributed by atoms with van der Waals surface area (Å²) in [5, 5.41) is 17.8. The summed E-state index contributed by atoms with van der Waals surface area (Å²) in [4.78, 5) is 11.9. The fourth-order valence-electron chi connectivity index (χ4n) is 3.45. The van der Waals surface area contributed by atoms with Crippen molar-refractivity contribution < 1.29 is 19.7 Å². The zero-order valence-electron chi connectivity index (χ0n) is 12.8. The van der Waals surface area contributed by atoms with Crippen molar-refractivity contribution in [3.63, 3.8) is 0 Å². The zero-order valence-corrected chi connectivity index (χ0v) is 12.8. The summed E-state index contributed by atoms with van der Waals surface area (Å²) in [6.45, 7) is 3.81. The second-order valence-electron chi connectivity index (χ2n) is 6.00. The van der Waals surface area contributed by atoms with Crippen molar-refractivity contribution in [3.8, 4) is 0 Å². The number of carbonyl (C=O) groups excluding carboxylic acids is 1. The number of benzene rings is 1. The molecule has 3 atom stereocenters. The minimum atomic E-state index is -1.59. The minimum absolute atomic E-state index is 0.0712. The van der Waals surface area contributed by atoms with E-state index in [9.17, 15) is 4.79 Å². The minimum Gasteiger partial charge on any atom is -0.462 e. The van der Waals surface area contributed by atoms with E-state index in [-0.39, 0.29) is 30.4 Å². The Bertz CT molecular complexity index is 672. The van der Waals surface area contributed by atoms with E-state index in [4.69, 9.17) is 14.9 Å². The average molecular weight is 312 g/mol. The molecular formula is C19H20O4. The molecule has 0 fully saturated rings. The van der Waals surface area contributed by atoms with Crippen LogP contribution in [0.2, 0.25) is 0 Å². The Kier molecular flexibility index (Phi) is 4.46. The van der Waals surface area contributed by atoms with Gasteiger partial charge in [0.25, 0.3) is 0 Å². The summed E-state index contributed by atoms with van der Waals surface area (Å²) in [6, 6.07) is 8.24. The lowest BCUT2D eigenvalue weighted by Gasteiger charge is -2.22. The van der Waals surface area contributed by atoms with E-state index in [0.717, 1.165) is 0 Å². The molecule has 0 aromatic heterocycles. The number of esters is 1. The second-order valence-corrected chi connectivity index (χ2v) is 6.00. The molecule has 2 aliphatic rings. The molecule has 2 N–H and O–H groups in total. The lowest BCUT2D eigenvalue weighted by Crippen LogP contribution is -2.20. The highest BCUT2D eigenvalue weighted by molar-refractivity contribution is 5.87. The van der Waals surface area contributed by atoms with Crippen LogP contribution in [0.5, 0.6) is 0 Å². The van der Waals surface area contributed by atoms with Gasteiger partial charge in [-0.25, -0.2) is 4.79 Å². The molecule has 2 aliphatic carbocycles. The molecule has 4 heteroatoms. The molecule has 3 rings (SSSR count). The fraction of sp³-hybridized carbons (Fsp3) is 0.316. The quantitative estimate of drug-likeness (QED) is 0.498. The van der Waals surface area contributed by atoms with Gasteiger partial charge >= 0.3 is 5.97 Å². The van der Waals surface area contributed by atoms with Crippen LogP contribution in [0.25, 0.3) is 0 Å². The molecule has 1 aromatic rings. The van der Waals surface area contributed by atoms with Gasteiger partial charge in [-0.05, 0) is 17.0 Å². The van der Waals surface area contributed by atoms with Gasteiger partial charge in [-0.2, -0.15) is 0 Å². The smallest absolute Gasteiger partial charge is 0.333 e. The van der Waals surface area contributed by atoms with Crippen LogP contribution in [0.4, 0.5) is 0 Å². The maximum absolute atomic E-state index is 11.9. The molecule has 0 amide bonds. The third kappa shape index (κ3) is 3.14. The number of aliphatic hydroxyl groups excluding tert-OH is 1. The highest BCUT2D eigenvalue weighted by atomic mass is 16.5. The van der Waals surface area contributed by atoms with Crippen LogP contribution < -0.4 is 0 Å². The monoisotopic (exact) mass is 312 g/mol. The lowest BCUT2D eigenvalue weighted by molar-refractivity contribution is -0.141. The van der Waals surface area contributed by atoms with Crippen LogP contribution in [0, 0.1) is 5.92 Å². The Morgan fingerprint density at radius 3 is 2.61 bits per heavy atom. The molecule has 4 nitrogen and oxygen atoms in total. The van der Waals surface area contributed by atoms with Crippen LogP contribution in [0.15, 0.2) is 60.7 Å². The molecule has 120 valence electrons. The Morgan fingerprint density at radius 1 is 1.17 bits per heavy atom. The van der Waals surface area contributed by atoms with E-state index in [0.29, 0.717) is 5.92 Å². The number of allylic oxidation sites excluding steroid dienone is 4. The van der Waals surface area contributed by atoms with Gasteiger partial charge in [-0.15, -0.1) is 0 Å². The number of carbonyl (C=O) groups is 1. The van der Waals surface area contributed by atoms with Gasteiger partial charge in [0.1, 0.15) is 0 Å². The summed E-state index contributed by atoms with van der Waals surface area (Å²) in [5.41, 5.74) is 2.56. The molecule has 3 unspecified atom stereocenters. The van der Waals surface area contributed by atoms with Crippen LogP contribution in [0.3, 0.4) is 0 Å². The normalized spacial score (nSPS) is 24.4. The van der Waals surface area contributed by atoms with Gasteiger partial charge in [0.05, 0.1) is 6.61 Å². The van der Waals surface area contributed by atoms with Gasteiger partial charge in [0, 0.05) is 23.8 Å². The molecule has 0 aliphatic heterocycles. The van der Waals surface area contributed by atoms with E-state index in [1.807, 2.05) is 18.2 Å². The topological polar surface area (TPSA) is 66.8 Å². The fourth-order valence-corrected chi connectivity index (χ4v) is 3.45. The Morgan fingerprint density at radius 2 is 1.87 bits per heavy atom. The standard InChI is InChI=1S/C19H20O4/c1-12(10-18(20)21)19(22)23-11-17-15-8-4-2-6-13(15)14-7-3-5-9-16(14)17/h2-9,13,15,17-18,20-21H,1,10-11H2. The van der Waals surface area contributed by atoms with Crippen molar-refractivity contribution >= 4 is 5.97 Å². The van der Waals surface area contributed by atoms with Gasteiger partial charge < -0.3 is 14.9 Å². The van der Waals surface area contributed by atoms with Gasteiger partial charge in [0.2, 0.25) is 0 Å². The van der Waals surface area contributed by atoms with E-state index >= 15 is 0 Å². The van der Waals surface area contributed by atoms with Crippen molar-refractivity contribution in [2.24, 2.45) is 5.92 Å². The first-order valence-electron chi connectivity index (χ1n) is 7.72. The zero-order chi connectivity index (χ0) is 16.4. The molecule has 0 bridgehead atoms. The van der Waals surface area contributed by atoms with Crippen LogP contribution in [-0.2, 0) is 9.53 Å². The Labute approximate surface area is 135 Å². The first kappa shape index (κ1) is 15.7. The summed E-state index contributed by atoms with van der Waals surface area (Å²) in [6.07, 6.45) is 6.65. The highest BCUT2D eigenvalue weighted by Crippen LogP contribution is 2.49. The molecule has 0 saturated heterocycles. The largest absolute Gasteiger partial charge is 0.462 e. The number of hydrogen-bond acceptors (Lipinski definition) is 4. The van der Waals surface area contributed by atoms with Crippen LogP contribution in [0.1, 0.15) is 29.4 Å². The first-order valence-corrected chi connectivity index (χ1v) is 7.72. The number of rotatable bonds is 5. The summed E-state index contributed by atoms with van der Waals surface area (Å²) in [7, 11) is 0. The van der Waals surface area contributed by atoms with Gasteiger partial charge in [-0.1, -0.05) is 55.1 Å². The Balaban J connectivity index is 1.72. The lowest BCUT2D eigenvalue weighted by atomic mass is 9.84. The van der Waals surface area contributed by atoms with E-state index in [1.165, 1.54) is 11.1 Å². The van der Waals surface area contributed by atoms with Crippen LogP contribution in [-0.4, -0.2) is 29.1 Å². The molecule has 0 heterocycles. The summed E-state index contributed by atoms with van der Waals surface area (Å²) < 4.78 is 5.38. The molecular weight excluding hydrogens is 292 g/mol. The number of fused-ring (bicyclic) bond motifs is 3. The van der Waals surface area contributed by atoms with Gasteiger partial charge in [-0.3, -0.25) is 0 Å². The summed E-state index contributed by atoms with van der Waals surface area (Å²) >= 11 is 0. The highest BCUT2D eigenvalue weighted by Gasteiger charge is 2.39. The van der Waals surface area contributed by atoms with Gasteiger partial charge in [0.15, 0.2) is 6.29 Å². The van der Waals surface area contributed by atoms with Crippen molar-refractivity contribution in [1.29, 1.82) is 0 Å². The van der Waals surface area contributed by atoms with E-state index < -0.39 is 12.3 Å². The first-order chi connectivity index (χ1) is 11.1. The number of hydrogen-bond donors (Lipinski definition) is 2. The van der Waals surface area contributed by atoms with E-state index in [1.54, 1.807) is 0 Å². The SMILES string of the molecule is C=C(CC(O)O)C(=O)OCC1c2ccccc2C2C=CC=CC21. The average Bonchev–Trinajstić information content (AvgIpc) is 2.86. The van der Waals surface area contributed by atoms with E-state index in [2.05, 4.69) is 36.9 Å². The molecule has 1 aromatic carbocycles. The molecule has 0 saturated carbocycles. The summed E-state index contributed by atoms with van der Waals surface area (Å²) in [5.74, 6) is 0.131. The maximum Gasteiger partial charge on any atom is 0.333 e. The Hall–Kier alpha value is -2.17. The molecule has 0 spiro atoms.